The topological polar surface area (TPSA) is 56.0 Å². The van der Waals surface area contributed by atoms with Crippen LogP contribution in [0.5, 0.6) is 0 Å². The summed E-state index contributed by atoms with van der Waals surface area (Å²) < 4.78 is 0. The zero-order valence-electron chi connectivity index (χ0n) is 7.31. The van der Waals surface area contributed by atoms with Gasteiger partial charge in [-0.3, -0.25) is 9.78 Å². The first-order valence-electron chi connectivity index (χ1n) is 4.06. The number of thiophene rings is 1. The van der Waals surface area contributed by atoms with E-state index in [9.17, 15) is 4.79 Å². The summed E-state index contributed by atoms with van der Waals surface area (Å²) in [6.45, 7) is 0. The van der Waals surface area contributed by atoms with Crippen LogP contribution in [0.15, 0.2) is 35.2 Å². The molecule has 0 aliphatic heterocycles. The van der Waals surface area contributed by atoms with Crippen molar-refractivity contribution in [3.05, 3.63) is 46.4 Å². The molecule has 0 spiro atoms. The molecular formula is C10H8N2OS. The molecule has 70 valence electrons. The Labute approximate surface area is 85.2 Å². The fourth-order valence-corrected chi connectivity index (χ4v) is 1.72. The van der Waals surface area contributed by atoms with E-state index in [1.165, 1.54) is 17.5 Å². The van der Waals surface area contributed by atoms with Gasteiger partial charge in [0, 0.05) is 10.9 Å². The van der Waals surface area contributed by atoms with Gasteiger partial charge in [0.15, 0.2) is 0 Å². The Morgan fingerprint density at radius 3 is 2.79 bits per heavy atom. The van der Waals surface area contributed by atoms with Crippen LogP contribution in [0.1, 0.15) is 16.1 Å². The summed E-state index contributed by atoms with van der Waals surface area (Å²) >= 11 is 1.49. The van der Waals surface area contributed by atoms with E-state index in [0.29, 0.717) is 16.9 Å². The second-order valence-corrected chi connectivity index (χ2v) is 3.60. The van der Waals surface area contributed by atoms with E-state index in [4.69, 9.17) is 5.73 Å². The van der Waals surface area contributed by atoms with Gasteiger partial charge in [0.25, 0.3) is 0 Å². The Hall–Kier alpha value is -1.68. The first-order chi connectivity index (χ1) is 6.77. The maximum absolute atomic E-state index is 11.7. The third kappa shape index (κ3) is 1.65. The van der Waals surface area contributed by atoms with E-state index in [-0.39, 0.29) is 5.78 Å². The summed E-state index contributed by atoms with van der Waals surface area (Å²) in [5.74, 6) is -0.0637. The summed E-state index contributed by atoms with van der Waals surface area (Å²) in [4.78, 5) is 15.7. The van der Waals surface area contributed by atoms with E-state index >= 15 is 0 Å². The summed E-state index contributed by atoms with van der Waals surface area (Å²) in [5, 5.41) is 3.67. The highest BCUT2D eigenvalue weighted by atomic mass is 32.1. The monoisotopic (exact) mass is 204 g/mol. The zero-order valence-corrected chi connectivity index (χ0v) is 8.12. The first kappa shape index (κ1) is 8.90. The molecule has 0 radical (unpaired) electrons. The van der Waals surface area contributed by atoms with Gasteiger partial charge in [-0.1, -0.05) is 0 Å². The van der Waals surface area contributed by atoms with Crippen molar-refractivity contribution in [1.82, 2.24) is 4.98 Å². The zero-order chi connectivity index (χ0) is 9.97. The maximum Gasteiger partial charge on any atom is 0.212 e. The lowest BCUT2D eigenvalue weighted by Gasteiger charge is -1.97. The molecule has 2 aromatic rings. The number of nitrogens with two attached hydrogens (primary N) is 1. The molecular weight excluding hydrogens is 196 g/mol. The van der Waals surface area contributed by atoms with E-state index in [0.717, 1.165) is 0 Å². The van der Waals surface area contributed by atoms with Gasteiger partial charge in [-0.2, -0.15) is 11.3 Å². The predicted molar refractivity (Wildman–Crippen MR) is 56.4 cm³/mol. The number of hydrogen-bond donors (Lipinski definition) is 1. The van der Waals surface area contributed by atoms with Crippen molar-refractivity contribution < 1.29 is 4.79 Å². The number of carbonyl (C=O) groups is 1. The summed E-state index contributed by atoms with van der Waals surface area (Å²) in [7, 11) is 0. The van der Waals surface area contributed by atoms with Crippen LogP contribution in [0.2, 0.25) is 0 Å². The van der Waals surface area contributed by atoms with Crippen LogP contribution in [0.4, 0.5) is 5.69 Å². The van der Waals surface area contributed by atoms with Crippen LogP contribution in [-0.4, -0.2) is 10.8 Å². The van der Waals surface area contributed by atoms with Crippen LogP contribution in [0.3, 0.4) is 0 Å². The van der Waals surface area contributed by atoms with Gasteiger partial charge in [0.1, 0.15) is 5.69 Å². The number of anilines is 1. The maximum atomic E-state index is 11.7. The predicted octanol–water partition coefficient (Wildman–Crippen LogP) is 1.96. The molecule has 0 aromatic carbocycles. The highest BCUT2D eigenvalue weighted by molar-refractivity contribution is 7.08. The Bertz CT molecular complexity index is 434. The van der Waals surface area contributed by atoms with Gasteiger partial charge < -0.3 is 5.73 Å². The van der Waals surface area contributed by atoms with Gasteiger partial charge in [-0.25, -0.2) is 0 Å². The molecule has 0 unspecified atom stereocenters. The molecule has 0 fully saturated rings. The van der Waals surface area contributed by atoms with Gasteiger partial charge in [0.05, 0.1) is 11.9 Å². The van der Waals surface area contributed by atoms with Crippen molar-refractivity contribution in [2.45, 2.75) is 0 Å². The van der Waals surface area contributed by atoms with E-state index in [2.05, 4.69) is 4.98 Å². The molecule has 4 heteroatoms. The van der Waals surface area contributed by atoms with Gasteiger partial charge in [-0.15, -0.1) is 0 Å². The van der Waals surface area contributed by atoms with Crippen molar-refractivity contribution in [2.75, 3.05) is 5.73 Å². The van der Waals surface area contributed by atoms with E-state index in [1.54, 1.807) is 23.6 Å². The fourth-order valence-electron chi connectivity index (χ4n) is 1.08. The number of rotatable bonds is 2. The Kier molecular flexibility index (Phi) is 2.28. The number of hydrogen-bond acceptors (Lipinski definition) is 4. The second kappa shape index (κ2) is 3.59. The SMILES string of the molecule is Nc1ccc(C(=O)c2ccsc2)nc1. The van der Waals surface area contributed by atoms with Crippen molar-refractivity contribution >= 4 is 22.8 Å². The highest BCUT2D eigenvalue weighted by Crippen LogP contribution is 2.12. The smallest absolute Gasteiger partial charge is 0.212 e. The minimum atomic E-state index is -0.0637. The summed E-state index contributed by atoms with van der Waals surface area (Å²) in [5.41, 5.74) is 7.14. The molecule has 0 atom stereocenters. The molecule has 2 aromatic heterocycles. The van der Waals surface area contributed by atoms with E-state index in [1.807, 2.05) is 5.38 Å². The van der Waals surface area contributed by atoms with E-state index < -0.39 is 0 Å². The molecule has 0 aliphatic rings. The van der Waals surface area contributed by atoms with Gasteiger partial charge in [-0.05, 0) is 23.6 Å². The molecule has 3 nitrogen and oxygen atoms in total. The molecule has 0 aliphatic carbocycles. The van der Waals surface area contributed by atoms with Crippen LogP contribution in [-0.2, 0) is 0 Å². The average molecular weight is 204 g/mol. The number of pyridine rings is 1. The third-order valence-corrected chi connectivity index (χ3v) is 2.49. The molecule has 0 amide bonds. The molecule has 2 heterocycles. The Balaban J connectivity index is 2.33. The lowest BCUT2D eigenvalue weighted by atomic mass is 10.1. The van der Waals surface area contributed by atoms with Crippen molar-refractivity contribution in [3.63, 3.8) is 0 Å². The fraction of sp³-hybridized carbons (Fsp3) is 0. The quantitative estimate of drug-likeness (QED) is 0.761. The third-order valence-electron chi connectivity index (χ3n) is 1.80. The minimum absolute atomic E-state index is 0.0637. The lowest BCUT2D eigenvalue weighted by Crippen LogP contribution is -2.02. The lowest BCUT2D eigenvalue weighted by molar-refractivity contribution is 0.103. The van der Waals surface area contributed by atoms with Gasteiger partial charge >= 0.3 is 0 Å². The van der Waals surface area contributed by atoms with Crippen LogP contribution in [0, 0.1) is 0 Å². The van der Waals surface area contributed by atoms with Crippen molar-refractivity contribution in [2.24, 2.45) is 0 Å². The first-order valence-corrected chi connectivity index (χ1v) is 5.00. The Morgan fingerprint density at radius 1 is 1.36 bits per heavy atom. The molecule has 0 saturated carbocycles. The van der Waals surface area contributed by atoms with Crippen LogP contribution < -0.4 is 5.73 Å². The second-order valence-electron chi connectivity index (χ2n) is 2.82. The molecule has 2 rings (SSSR count). The average Bonchev–Trinajstić information content (AvgIpc) is 2.71. The van der Waals surface area contributed by atoms with Crippen LogP contribution >= 0.6 is 11.3 Å². The number of ketones is 1. The van der Waals surface area contributed by atoms with Crippen LogP contribution in [0.25, 0.3) is 0 Å². The summed E-state index contributed by atoms with van der Waals surface area (Å²) in [6, 6.07) is 5.09. The van der Waals surface area contributed by atoms with Gasteiger partial charge in [0.2, 0.25) is 5.78 Å². The number of nitrogen functional groups attached to an aromatic ring is 1. The number of aromatic nitrogens is 1. The number of carbonyl (C=O) groups excluding carboxylic acids is 1. The normalized spacial score (nSPS) is 10.0. The molecule has 0 saturated heterocycles. The summed E-state index contributed by atoms with van der Waals surface area (Å²) in [6.07, 6.45) is 1.49. The number of nitrogens with zero attached hydrogens (tertiary/aromatic N) is 1. The van der Waals surface area contributed by atoms with Crippen molar-refractivity contribution in [1.29, 1.82) is 0 Å². The molecule has 14 heavy (non-hydrogen) atoms. The molecule has 0 bridgehead atoms. The minimum Gasteiger partial charge on any atom is -0.397 e. The standard InChI is InChI=1S/C10H8N2OS/c11-8-1-2-9(12-5-8)10(13)7-3-4-14-6-7/h1-6H,11H2. The highest BCUT2D eigenvalue weighted by Gasteiger charge is 2.09. The largest absolute Gasteiger partial charge is 0.397 e. The Morgan fingerprint density at radius 2 is 2.21 bits per heavy atom. The van der Waals surface area contributed by atoms with Crippen molar-refractivity contribution in [3.8, 4) is 0 Å². The molecule has 2 N–H and O–H groups in total.